The molecule has 1 unspecified atom stereocenters. The van der Waals surface area contributed by atoms with Crippen molar-refractivity contribution < 1.29 is 4.74 Å². The van der Waals surface area contributed by atoms with Gasteiger partial charge in [-0.1, -0.05) is 12.1 Å². The summed E-state index contributed by atoms with van der Waals surface area (Å²) >= 11 is 3.49. The second-order valence-corrected chi connectivity index (χ2v) is 6.37. The van der Waals surface area contributed by atoms with Crippen LogP contribution < -0.4 is 15.4 Å². The van der Waals surface area contributed by atoms with E-state index in [1.54, 1.807) is 7.05 Å². The van der Waals surface area contributed by atoms with Crippen LogP contribution in [0, 0.1) is 6.92 Å². The van der Waals surface area contributed by atoms with Crippen LogP contribution in [0.3, 0.4) is 0 Å². The van der Waals surface area contributed by atoms with E-state index in [9.17, 15) is 0 Å². The van der Waals surface area contributed by atoms with Crippen molar-refractivity contribution in [3.63, 3.8) is 0 Å². The van der Waals surface area contributed by atoms with E-state index in [0.717, 1.165) is 34.8 Å². The Bertz CT molecular complexity index is 677. The lowest BCUT2D eigenvalue weighted by molar-refractivity contribution is 0.222. The third-order valence-corrected chi connectivity index (χ3v) is 4.00. The molecule has 0 radical (unpaired) electrons. The summed E-state index contributed by atoms with van der Waals surface area (Å²) in [6.07, 6.45) is 3.88. The predicted molar refractivity (Wildman–Crippen MR) is 116 cm³/mol. The molecule has 1 heterocycles. The van der Waals surface area contributed by atoms with Crippen molar-refractivity contribution in [3.8, 4) is 5.75 Å². The molecule has 0 bridgehead atoms. The average Bonchev–Trinajstić information content (AvgIpc) is 2.98. The summed E-state index contributed by atoms with van der Waals surface area (Å²) in [5.41, 5.74) is 1.16. The Labute approximate surface area is 174 Å². The van der Waals surface area contributed by atoms with Crippen LogP contribution in [0.15, 0.2) is 46.1 Å². The fraction of sp³-hybridized carbons (Fsp3) is 0.412. The molecule has 0 aliphatic heterocycles. The first-order chi connectivity index (χ1) is 11.6. The number of guanidine groups is 1. The van der Waals surface area contributed by atoms with Crippen LogP contribution in [-0.4, -0.2) is 42.0 Å². The lowest BCUT2D eigenvalue weighted by atomic mass is 10.3. The molecule has 8 heteroatoms. The number of aryl methyl sites for hydroxylation is 1. The van der Waals surface area contributed by atoms with Gasteiger partial charge in [0.15, 0.2) is 5.96 Å². The van der Waals surface area contributed by atoms with Crippen LogP contribution in [-0.2, 0) is 6.54 Å². The summed E-state index contributed by atoms with van der Waals surface area (Å²) in [5, 5.41) is 10.8. The summed E-state index contributed by atoms with van der Waals surface area (Å²) in [6, 6.07) is 7.83. The molecule has 0 amide bonds. The zero-order chi connectivity index (χ0) is 17.4. The van der Waals surface area contributed by atoms with Crippen molar-refractivity contribution in [2.24, 2.45) is 4.99 Å². The number of halogens is 2. The van der Waals surface area contributed by atoms with Crippen LogP contribution >= 0.6 is 39.9 Å². The van der Waals surface area contributed by atoms with E-state index in [4.69, 9.17) is 4.74 Å². The Morgan fingerprint density at radius 2 is 2.12 bits per heavy atom. The number of aliphatic imine (C=N–C) groups is 1. The maximum Gasteiger partial charge on any atom is 0.191 e. The highest BCUT2D eigenvalue weighted by atomic mass is 127. The fourth-order valence-electron chi connectivity index (χ4n) is 2.14. The Hall–Kier alpha value is -1.29. The van der Waals surface area contributed by atoms with Gasteiger partial charge in [0.1, 0.15) is 11.9 Å². The van der Waals surface area contributed by atoms with Crippen LogP contribution in [0.4, 0.5) is 0 Å². The van der Waals surface area contributed by atoms with Crippen molar-refractivity contribution in [1.29, 1.82) is 0 Å². The summed E-state index contributed by atoms with van der Waals surface area (Å²) in [4.78, 5) is 4.22. The monoisotopic (exact) mass is 521 g/mol. The molecule has 0 aliphatic rings. The Balaban J connectivity index is 0.00000312. The van der Waals surface area contributed by atoms with E-state index in [1.165, 1.54) is 0 Å². The normalized spacial score (nSPS) is 12.2. The number of hydrogen-bond acceptors (Lipinski definition) is 3. The lowest BCUT2D eigenvalue weighted by Gasteiger charge is -2.18. The minimum absolute atomic E-state index is 0. The molecular weight excluding hydrogens is 497 g/mol. The Morgan fingerprint density at radius 3 is 2.76 bits per heavy atom. The summed E-state index contributed by atoms with van der Waals surface area (Å²) in [7, 11) is 1.76. The number of hydrogen-bond donors (Lipinski definition) is 2. The Morgan fingerprint density at radius 1 is 1.36 bits per heavy atom. The van der Waals surface area contributed by atoms with E-state index >= 15 is 0 Å². The van der Waals surface area contributed by atoms with Gasteiger partial charge in [-0.15, -0.1) is 24.0 Å². The van der Waals surface area contributed by atoms with Gasteiger partial charge in [0.2, 0.25) is 0 Å². The van der Waals surface area contributed by atoms with E-state index < -0.39 is 0 Å². The van der Waals surface area contributed by atoms with E-state index in [0.29, 0.717) is 6.54 Å². The summed E-state index contributed by atoms with van der Waals surface area (Å²) in [6.45, 7) is 6.25. The minimum atomic E-state index is 0. The second-order valence-electron chi connectivity index (χ2n) is 5.52. The van der Waals surface area contributed by atoms with Crippen molar-refractivity contribution >= 4 is 45.9 Å². The molecule has 2 aromatic rings. The molecule has 6 nitrogen and oxygen atoms in total. The van der Waals surface area contributed by atoms with Crippen molar-refractivity contribution in [2.75, 3.05) is 20.1 Å². The molecule has 0 aliphatic carbocycles. The van der Waals surface area contributed by atoms with Crippen molar-refractivity contribution in [2.45, 2.75) is 26.5 Å². The second kappa shape index (κ2) is 11.3. The highest BCUT2D eigenvalue weighted by Crippen LogP contribution is 2.24. The average molecular weight is 522 g/mol. The number of para-hydroxylation sites is 1. The van der Waals surface area contributed by atoms with Gasteiger partial charge in [-0.2, -0.15) is 5.10 Å². The number of rotatable bonds is 7. The largest absolute Gasteiger partial charge is 0.488 e. The van der Waals surface area contributed by atoms with E-state index in [2.05, 4.69) is 36.7 Å². The molecule has 1 aromatic heterocycles. The van der Waals surface area contributed by atoms with E-state index in [-0.39, 0.29) is 30.1 Å². The number of ether oxygens (including phenoxy) is 1. The topological polar surface area (TPSA) is 63.5 Å². The summed E-state index contributed by atoms with van der Waals surface area (Å²) in [5.74, 6) is 1.59. The van der Waals surface area contributed by atoms with Crippen molar-refractivity contribution in [1.82, 2.24) is 20.4 Å². The minimum Gasteiger partial charge on any atom is -0.488 e. The Kier molecular flexibility index (Phi) is 9.88. The smallest absolute Gasteiger partial charge is 0.191 e. The fourth-order valence-corrected chi connectivity index (χ4v) is 2.52. The first kappa shape index (κ1) is 21.8. The van der Waals surface area contributed by atoms with Crippen LogP contribution in [0.1, 0.15) is 12.5 Å². The molecule has 0 fully saturated rings. The molecule has 1 atom stereocenters. The molecule has 25 heavy (non-hydrogen) atoms. The first-order valence-electron chi connectivity index (χ1n) is 7.93. The molecule has 2 N–H and O–H groups in total. The maximum absolute atomic E-state index is 5.91. The third-order valence-electron chi connectivity index (χ3n) is 3.34. The molecule has 2 rings (SSSR count). The standard InChI is InChI=1S/C17H24BrN5O.HI/c1-13-10-22-23(12-13)9-8-20-17(19-3)21-11-14(2)24-16-7-5-4-6-15(16)18;/h4-7,10,12,14H,8-9,11H2,1-3H3,(H2,19,20,21);1H. The van der Waals surface area contributed by atoms with Crippen molar-refractivity contribution in [3.05, 3.63) is 46.7 Å². The van der Waals surface area contributed by atoms with Crippen LogP contribution in [0.2, 0.25) is 0 Å². The SMILES string of the molecule is CN=C(NCCn1cc(C)cn1)NCC(C)Oc1ccccc1Br.I. The highest BCUT2D eigenvalue weighted by molar-refractivity contribution is 14.0. The van der Waals surface area contributed by atoms with Gasteiger partial charge in [0.05, 0.1) is 23.8 Å². The van der Waals surface area contributed by atoms with Gasteiger partial charge in [0.25, 0.3) is 0 Å². The quantitative estimate of drug-likeness (QED) is 0.333. The van der Waals surface area contributed by atoms with Crippen LogP contribution in [0.5, 0.6) is 5.75 Å². The molecule has 1 aromatic carbocycles. The zero-order valence-electron chi connectivity index (χ0n) is 14.7. The van der Waals surface area contributed by atoms with Gasteiger partial charge >= 0.3 is 0 Å². The third kappa shape index (κ3) is 7.64. The first-order valence-corrected chi connectivity index (χ1v) is 8.72. The highest BCUT2D eigenvalue weighted by Gasteiger charge is 2.07. The number of aromatic nitrogens is 2. The molecular formula is C17H25BrIN5O. The van der Waals surface area contributed by atoms with E-state index in [1.807, 2.05) is 55.2 Å². The lowest BCUT2D eigenvalue weighted by Crippen LogP contribution is -2.42. The predicted octanol–water partition coefficient (Wildman–Crippen LogP) is 3.20. The molecule has 0 saturated carbocycles. The molecule has 0 spiro atoms. The zero-order valence-corrected chi connectivity index (χ0v) is 18.6. The van der Waals surface area contributed by atoms with Crippen LogP contribution in [0.25, 0.3) is 0 Å². The van der Waals surface area contributed by atoms with Gasteiger partial charge in [-0.25, -0.2) is 0 Å². The van der Waals surface area contributed by atoms with Gasteiger partial charge in [-0.05, 0) is 47.5 Å². The van der Waals surface area contributed by atoms with Gasteiger partial charge in [0, 0.05) is 19.8 Å². The number of nitrogens with zero attached hydrogens (tertiary/aromatic N) is 3. The molecule has 138 valence electrons. The number of nitrogens with one attached hydrogen (secondary N) is 2. The number of benzene rings is 1. The van der Waals surface area contributed by atoms with Gasteiger partial charge in [-0.3, -0.25) is 9.67 Å². The van der Waals surface area contributed by atoms with Gasteiger partial charge < -0.3 is 15.4 Å². The molecule has 0 saturated heterocycles. The maximum atomic E-state index is 5.91. The summed E-state index contributed by atoms with van der Waals surface area (Å²) < 4.78 is 8.77.